The lowest BCUT2D eigenvalue weighted by molar-refractivity contribution is -0.242. The van der Waals surface area contributed by atoms with Crippen LogP contribution < -0.4 is 5.32 Å². The van der Waals surface area contributed by atoms with Gasteiger partial charge in [-0.05, 0) is 163 Å². The zero-order valence-corrected chi connectivity index (χ0v) is 37.4. The molecule has 1 N–H and O–H groups in total. The molecule has 14 heteroatoms. The van der Waals surface area contributed by atoms with Crippen molar-refractivity contribution in [2.75, 3.05) is 13.2 Å². The molecule has 1 saturated heterocycles. The van der Waals surface area contributed by atoms with Gasteiger partial charge in [-0.25, -0.2) is 4.79 Å². The molecule has 7 atom stereocenters. The summed E-state index contributed by atoms with van der Waals surface area (Å²) in [5.41, 5.74) is -9.01. The molecule has 8 aliphatic rings. The van der Waals surface area contributed by atoms with Crippen molar-refractivity contribution >= 4 is 41.7 Å². The summed E-state index contributed by atoms with van der Waals surface area (Å²) in [6, 6.07) is 0. The minimum absolute atomic E-state index is 0.0526. The van der Waals surface area contributed by atoms with Gasteiger partial charge in [-0.3, -0.25) is 28.8 Å². The fourth-order valence-electron chi connectivity index (χ4n) is 12.7. The third kappa shape index (κ3) is 7.01. The van der Waals surface area contributed by atoms with Gasteiger partial charge >= 0.3 is 35.9 Å². The van der Waals surface area contributed by atoms with E-state index in [4.69, 9.17) is 28.5 Å². The zero-order chi connectivity index (χ0) is 43.8. The number of amides is 1. The molecule has 7 aliphatic carbocycles. The summed E-state index contributed by atoms with van der Waals surface area (Å²) in [6.45, 7) is 16.2. The number of oxime groups is 1. The summed E-state index contributed by atoms with van der Waals surface area (Å²) in [7, 11) is 0. The first-order valence-electron chi connectivity index (χ1n) is 22.6. The second-order valence-corrected chi connectivity index (χ2v) is 21.3. The molecule has 0 aromatic carbocycles. The standard InChI is InChI=1S/C46H68N2O12/c1-11-25(2)48-60-40(54)47-16-17-55-38(52)45(9,41(3,4)36(50)57-33-28-23-31-32(24-28)35(49)56-34(31)33)46(10,42(5,6)37(51)58-43(7)14-12-13-15-43)39(53)59-44(8)29-19-26-18-27(21-29)22-30(44)20-26/h26-34H,11-24H2,1-10H3,(H,47,54)/b48-25+. The molecule has 334 valence electrons. The number of fused-ring (bicyclic) bond motifs is 1. The molecule has 8 rings (SSSR count). The molecule has 1 amide bonds. The molecule has 1 heterocycles. The second-order valence-electron chi connectivity index (χ2n) is 21.3. The lowest BCUT2D eigenvalue weighted by atomic mass is 9.45. The molecule has 0 aromatic rings. The van der Waals surface area contributed by atoms with E-state index >= 15 is 14.4 Å². The Morgan fingerprint density at radius 3 is 1.97 bits per heavy atom. The predicted octanol–water partition coefficient (Wildman–Crippen LogP) is 7.23. The molecule has 60 heavy (non-hydrogen) atoms. The molecule has 1 aliphatic heterocycles. The Hall–Kier alpha value is -3.71. The van der Waals surface area contributed by atoms with Crippen molar-refractivity contribution in [3.05, 3.63) is 0 Å². The van der Waals surface area contributed by atoms with Crippen LogP contribution in [0.1, 0.15) is 146 Å². The van der Waals surface area contributed by atoms with Crippen LogP contribution in [-0.4, -0.2) is 78.2 Å². The first-order valence-corrected chi connectivity index (χ1v) is 22.6. The van der Waals surface area contributed by atoms with Crippen LogP contribution in [0.15, 0.2) is 5.16 Å². The van der Waals surface area contributed by atoms with Gasteiger partial charge in [0, 0.05) is 11.8 Å². The number of nitrogens with one attached hydrogen (secondary N) is 1. The number of hydrogen-bond acceptors (Lipinski definition) is 13. The molecule has 14 nitrogen and oxygen atoms in total. The van der Waals surface area contributed by atoms with Crippen molar-refractivity contribution in [2.45, 2.75) is 170 Å². The van der Waals surface area contributed by atoms with Crippen molar-refractivity contribution in [3.63, 3.8) is 0 Å². The van der Waals surface area contributed by atoms with Gasteiger partial charge in [-0.2, -0.15) is 0 Å². The summed E-state index contributed by atoms with van der Waals surface area (Å²) < 4.78 is 31.3. The Labute approximate surface area is 354 Å². The van der Waals surface area contributed by atoms with Gasteiger partial charge < -0.3 is 29.0 Å². The van der Waals surface area contributed by atoms with Crippen LogP contribution in [0.25, 0.3) is 0 Å². The second kappa shape index (κ2) is 15.6. The summed E-state index contributed by atoms with van der Waals surface area (Å²) >= 11 is 0. The molecule has 7 unspecified atom stereocenters. The smallest absolute Gasteiger partial charge is 0.433 e. The minimum atomic E-state index is -2.18. The topological polar surface area (TPSA) is 182 Å². The molecule has 8 fully saturated rings. The van der Waals surface area contributed by atoms with E-state index in [0.29, 0.717) is 49.7 Å². The number of carbonyl (C=O) groups excluding carboxylic acids is 6. The Bertz CT molecular complexity index is 1770. The predicted molar refractivity (Wildman–Crippen MR) is 217 cm³/mol. The SMILES string of the molecule is CC/C(C)=N/OC(=O)NCCOC(=O)C(C)(C(C)(C)C(=O)OC1C2CC3C(=O)OC1C3C2)C(C)(C(=O)OC1(C)C2CC3CC(C2)CC1C3)C(C)(C)C(=O)OC1(C)CCCC1. The third-order valence-corrected chi connectivity index (χ3v) is 17.5. The highest BCUT2D eigenvalue weighted by atomic mass is 16.7. The van der Waals surface area contributed by atoms with Gasteiger partial charge in [0.15, 0.2) is 0 Å². The summed E-state index contributed by atoms with van der Waals surface area (Å²) in [6.07, 6.45) is 7.60. The lowest BCUT2D eigenvalue weighted by Crippen LogP contribution is -2.69. The zero-order valence-electron chi connectivity index (χ0n) is 37.4. The van der Waals surface area contributed by atoms with Crippen molar-refractivity contribution in [2.24, 2.45) is 68.2 Å². The average Bonchev–Trinajstić information content (AvgIpc) is 3.95. The molecular weight excluding hydrogens is 773 g/mol. The van der Waals surface area contributed by atoms with Crippen molar-refractivity contribution in [1.82, 2.24) is 5.32 Å². The maximum absolute atomic E-state index is 15.8. The first kappa shape index (κ1) is 44.3. The fourth-order valence-corrected chi connectivity index (χ4v) is 12.7. The summed E-state index contributed by atoms with van der Waals surface area (Å²) in [4.78, 5) is 90.9. The van der Waals surface area contributed by atoms with Crippen LogP contribution in [0.5, 0.6) is 0 Å². The average molecular weight is 841 g/mol. The maximum atomic E-state index is 15.8. The Morgan fingerprint density at radius 2 is 1.37 bits per heavy atom. The number of rotatable bonds is 15. The van der Waals surface area contributed by atoms with Crippen LogP contribution in [0.3, 0.4) is 0 Å². The van der Waals surface area contributed by atoms with E-state index < -0.39 is 75.0 Å². The Morgan fingerprint density at radius 1 is 0.783 bits per heavy atom. The number of esters is 5. The van der Waals surface area contributed by atoms with E-state index in [-0.39, 0.29) is 48.7 Å². The van der Waals surface area contributed by atoms with E-state index in [1.807, 2.05) is 20.8 Å². The highest BCUT2D eigenvalue weighted by Gasteiger charge is 2.75. The maximum Gasteiger partial charge on any atom is 0.433 e. The minimum Gasteiger partial charge on any atom is -0.463 e. The summed E-state index contributed by atoms with van der Waals surface area (Å²) in [5.74, 6) is -2.56. The monoisotopic (exact) mass is 840 g/mol. The molecule has 0 spiro atoms. The van der Waals surface area contributed by atoms with Gasteiger partial charge in [-0.1, -0.05) is 12.1 Å². The largest absolute Gasteiger partial charge is 0.463 e. The highest BCUT2D eigenvalue weighted by Crippen LogP contribution is 2.65. The van der Waals surface area contributed by atoms with Crippen molar-refractivity contribution < 1.29 is 57.3 Å². The lowest BCUT2D eigenvalue weighted by Gasteiger charge is -2.61. The van der Waals surface area contributed by atoms with Crippen LogP contribution >= 0.6 is 0 Å². The van der Waals surface area contributed by atoms with Gasteiger partial charge in [0.05, 0.1) is 39.8 Å². The first-order chi connectivity index (χ1) is 28.0. The van der Waals surface area contributed by atoms with E-state index in [1.165, 1.54) is 34.1 Å². The van der Waals surface area contributed by atoms with E-state index in [9.17, 15) is 14.4 Å². The number of nitrogens with zero attached hydrogens (tertiary/aromatic N) is 1. The van der Waals surface area contributed by atoms with E-state index in [2.05, 4.69) is 10.5 Å². The van der Waals surface area contributed by atoms with Gasteiger partial charge in [-0.15, -0.1) is 0 Å². The Balaban J connectivity index is 1.26. The van der Waals surface area contributed by atoms with Gasteiger partial charge in [0.25, 0.3) is 0 Å². The molecular formula is C46H68N2O12. The number of carbonyl (C=O) groups is 6. The van der Waals surface area contributed by atoms with Crippen LogP contribution in [0, 0.1) is 63.1 Å². The fraction of sp³-hybridized carbons (Fsp3) is 0.848. The van der Waals surface area contributed by atoms with Gasteiger partial charge in [0.2, 0.25) is 0 Å². The molecule has 6 bridgehead atoms. The van der Waals surface area contributed by atoms with E-state index in [1.54, 1.807) is 20.8 Å². The summed E-state index contributed by atoms with van der Waals surface area (Å²) in [5, 5.41) is 6.27. The molecule has 0 radical (unpaired) electrons. The molecule has 0 aromatic heterocycles. The van der Waals surface area contributed by atoms with Crippen molar-refractivity contribution in [1.29, 1.82) is 0 Å². The number of ether oxygens (including phenoxy) is 5. The normalized spacial score (nSPS) is 35.5. The number of hydrogen-bond donors (Lipinski definition) is 1. The molecule has 7 saturated carbocycles. The van der Waals surface area contributed by atoms with Crippen LogP contribution in [0.4, 0.5) is 4.79 Å². The van der Waals surface area contributed by atoms with Gasteiger partial charge in [0.1, 0.15) is 30.0 Å². The highest BCUT2D eigenvalue weighted by molar-refractivity contribution is 5.98. The van der Waals surface area contributed by atoms with Crippen LogP contribution in [-0.2, 0) is 52.5 Å². The third-order valence-electron chi connectivity index (χ3n) is 17.5. The quantitative estimate of drug-likeness (QED) is 0.0437. The Kier molecular flexibility index (Phi) is 11.5. The van der Waals surface area contributed by atoms with Crippen LogP contribution in [0.2, 0.25) is 0 Å². The van der Waals surface area contributed by atoms with E-state index in [0.717, 1.165) is 38.5 Å². The van der Waals surface area contributed by atoms with Crippen molar-refractivity contribution in [3.8, 4) is 0 Å².